The Morgan fingerprint density at radius 3 is 2.41 bits per heavy atom. The highest BCUT2D eigenvalue weighted by molar-refractivity contribution is 5.83. The zero-order chi connectivity index (χ0) is 16.0. The van der Waals surface area contributed by atoms with E-state index in [0.29, 0.717) is 6.42 Å². The first-order valence-corrected chi connectivity index (χ1v) is 8.18. The number of hydrogen-bond donors (Lipinski definition) is 1. The van der Waals surface area contributed by atoms with Crippen LogP contribution < -0.4 is 5.32 Å². The van der Waals surface area contributed by atoms with Crippen LogP contribution in [0.3, 0.4) is 0 Å². The quantitative estimate of drug-likeness (QED) is 0.622. The van der Waals surface area contributed by atoms with Crippen molar-refractivity contribution >= 4 is 11.9 Å². The van der Waals surface area contributed by atoms with Gasteiger partial charge in [0.15, 0.2) is 5.78 Å². The number of nitrogens with one attached hydrogen (secondary N) is 1. The van der Waals surface area contributed by atoms with Crippen molar-refractivity contribution in [3.8, 4) is 0 Å². The largest absolute Gasteiger partial charge is 0.445 e. The molecule has 1 rings (SSSR count). The Kier molecular flexibility index (Phi) is 9.75. The number of unbranched alkanes of at least 4 members (excludes halogenated alkanes) is 5. The first-order valence-electron chi connectivity index (χ1n) is 8.18. The molecule has 0 radical (unpaired) electrons. The minimum absolute atomic E-state index is 0.0581. The molecule has 0 bridgehead atoms. The highest BCUT2D eigenvalue weighted by atomic mass is 16.5. The first kappa shape index (κ1) is 18.2. The number of carbonyl (C=O) groups excluding carboxylic acids is 2. The second kappa shape index (κ2) is 11.8. The smallest absolute Gasteiger partial charge is 0.407 e. The number of ketones is 1. The lowest BCUT2D eigenvalue weighted by Gasteiger charge is -2.06. The monoisotopic (exact) mass is 305 g/mol. The van der Waals surface area contributed by atoms with Gasteiger partial charge in [-0.2, -0.15) is 0 Å². The Morgan fingerprint density at radius 1 is 1.00 bits per heavy atom. The number of amides is 1. The number of ether oxygens (including phenoxy) is 1. The Balaban J connectivity index is 2.02. The molecule has 0 saturated carbocycles. The van der Waals surface area contributed by atoms with Crippen molar-refractivity contribution in [1.29, 1.82) is 0 Å². The molecule has 4 heteroatoms. The fourth-order valence-electron chi connectivity index (χ4n) is 2.14. The molecular weight excluding hydrogens is 278 g/mol. The van der Waals surface area contributed by atoms with Crippen LogP contribution in [0.4, 0.5) is 4.79 Å². The van der Waals surface area contributed by atoms with Crippen molar-refractivity contribution < 1.29 is 14.3 Å². The van der Waals surface area contributed by atoms with E-state index in [0.717, 1.165) is 18.4 Å². The second-order valence-corrected chi connectivity index (χ2v) is 5.47. The summed E-state index contributed by atoms with van der Waals surface area (Å²) in [7, 11) is 0. The third-order valence-corrected chi connectivity index (χ3v) is 3.45. The highest BCUT2D eigenvalue weighted by Gasteiger charge is 2.06. The molecule has 1 aromatic rings. The van der Waals surface area contributed by atoms with Gasteiger partial charge in [0.05, 0.1) is 6.54 Å². The van der Waals surface area contributed by atoms with Crippen LogP contribution in [0.2, 0.25) is 0 Å². The number of carbonyl (C=O) groups is 2. The lowest BCUT2D eigenvalue weighted by atomic mass is 10.1. The van der Waals surface area contributed by atoms with Crippen LogP contribution in [-0.4, -0.2) is 18.4 Å². The van der Waals surface area contributed by atoms with Crippen LogP contribution in [0.5, 0.6) is 0 Å². The topological polar surface area (TPSA) is 55.4 Å². The van der Waals surface area contributed by atoms with E-state index >= 15 is 0 Å². The molecule has 0 aliphatic carbocycles. The highest BCUT2D eigenvalue weighted by Crippen LogP contribution is 2.07. The average Bonchev–Trinajstić information content (AvgIpc) is 2.55. The Hall–Kier alpha value is -1.84. The number of benzene rings is 1. The van der Waals surface area contributed by atoms with Gasteiger partial charge in [-0.15, -0.1) is 0 Å². The van der Waals surface area contributed by atoms with Crippen LogP contribution >= 0.6 is 0 Å². The van der Waals surface area contributed by atoms with Crippen LogP contribution in [0.1, 0.15) is 57.4 Å². The van der Waals surface area contributed by atoms with Crippen molar-refractivity contribution in [2.75, 3.05) is 6.54 Å². The fourth-order valence-corrected chi connectivity index (χ4v) is 2.14. The molecule has 0 aliphatic heterocycles. The van der Waals surface area contributed by atoms with E-state index in [1.807, 2.05) is 30.3 Å². The molecular formula is C18H27NO3. The van der Waals surface area contributed by atoms with E-state index in [-0.39, 0.29) is 18.9 Å². The van der Waals surface area contributed by atoms with E-state index in [9.17, 15) is 9.59 Å². The summed E-state index contributed by atoms with van der Waals surface area (Å²) in [5, 5.41) is 2.50. The Bertz CT molecular complexity index is 431. The maximum Gasteiger partial charge on any atom is 0.407 e. The molecule has 0 saturated heterocycles. The molecule has 1 amide bonds. The first-order chi connectivity index (χ1) is 10.7. The molecule has 0 fully saturated rings. The van der Waals surface area contributed by atoms with Gasteiger partial charge >= 0.3 is 6.09 Å². The predicted molar refractivity (Wildman–Crippen MR) is 87.6 cm³/mol. The summed E-state index contributed by atoms with van der Waals surface area (Å²) in [5.74, 6) is 0.0622. The summed E-state index contributed by atoms with van der Waals surface area (Å²) in [5.41, 5.74) is 0.927. The van der Waals surface area contributed by atoms with Crippen molar-refractivity contribution in [2.45, 2.75) is 58.5 Å². The lowest BCUT2D eigenvalue weighted by molar-refractivity contribution is -0.118. The molecule has 1 N–H and O–H groups in total. The lowest BCUT2D eigenvalue weighted by Crippen LogP contribution is -2.29. The van der Waals surface area contributed by atoms with E-state index in [1.165, 1.54) is 25.7 Å². The van der Waals surface area contributed by atoms with Gasteiger partial charge in [0, 0.05) is 6.42 Å². The van der Waals surface area contributed by atoms with Crippen LogP contribution in [0, 0.1) is 0 Å². The SMILES string of the molecule is CCCCCCCCC(=O)CNC(=O)OCc1ccccc1. The van der Waals surface area contributed by atoms with E-state index in [2.05, 4.69) is 12.2 Å². The van der Waals surface area contributed by atoms with Gasteiger partial charge in [0.25, 0.3) is 0 Å². The van der Waals surface area contributed by atoms with Crippen molar-refractivity contribution in [2.24, 2.45) is 0 Å². The van der Waals surface area contributed by atoms with Crippen molar-refractivity contribution in [3.05, 3.63) is 35.9 Å². The van der Waals surface area contributed by atoms with E-state index in [4.69, 9.17) is 4.74 Å². The Morgan fingerprint density at radius 2 is 1.68 bits per heavy atom. The maximum absolute atomic E-state index is 11.6. The summed E-state index contributed by atoms with van der Waals surface area (Å²) in [6.45, 7) is 2.47. The third-order valence-electron chi connectivity index (χ3n) is 3.45. The second-order valence-electron chi connectivity index (χ2n) is 5.47. The van der Waals surface area contributed by atoms with Gasteiger partial charge in [-0.1, -0.05) is 69.4 Å². The summed E-state index contributed by atoms with van der Waals surface area (Å²) < 4.78 is 5.05. The standard InChI is InChI=1S/C18H27NO3/c1-2-3-4-5-6-10-13-17(20)14-19-18(21)22-15-16-11-8-7-9-12-16/h7-9,11-12H,2-6,10,13-15H2,1H3,(H,19,21). The third kappa shape index (κ3) is 9.16. The van der Waals surface area contributed by atoms with Gasteiger partial charge in [0.1, 0.15) is 6.61 Å². The molecule has 0 heterocycles. The van der Waals surface area contributed by atoms with Crippen molar-refractivity contribution in [1.82, 2.24) is 5.32 Å². The number of Topliss-reactive ketones (excluding diaryl/α,β-unsaturated/α-hetero) is 1. The number of hydrogen-bond acceptors (Lipinski definition) is 3. The zero-order valence-electron chi connectivity index (χ0n) is 13.5. The predicted octanol–water partition coefficient (Wildman–Crippen LogP) is 4.23. The molecule has 0 aliphatic rings. The molecule has 0 aromatic heterocycles. The van der Waals surface area contributed by atoms with Gasteiger partial charge in [-0.3, -0.25) is 4.79 Å². The molecule has 1 aromatic carbocycles. The van der Waals surface area contributed by atoms with E-state index < -0.39 is 6.09 Å². The molecule has 22 heavy (non-hydrogen) atoms. The molecule has 0 spiro atoms. The molecule has 4 nitrogen and oxygen atoms in total. The molecule has 0 unspecified atom stereocenters. The average molecular weight is 305 g/mol. The summed E-state index contributed by atoms with van der Waals surface area (Å²) in [6, 6.07) is 9.46. The maximum atomic E-state index is 11.6. The summed E-state index contributed by atoms with van der Waals surface area (Å²) in [4.78, 5) is 23.1. The van der Waals surface area contributed by atoms with Gasteiger partial charge < -0.3 is 10.1 Å². The van der Waals surface area contributed by atoms with Crippen LogP contribution in [-0.2, 0) is 16.1 Å². The minimum Gasteiger partial charge on any atom is -0.445 e. The van der Waals surface area contributed by atoms with Gasteiger partial charge in [-0.25, -0.2) is 4.79 Å². The van der Waals surface area contributed by atoms with Crippen LogP contribution in [0.25, 0.3) is 0 Å². The molecule has 0 atom stereocenters. The number of rotatable bonds is 11. The Labute approximate surface area is 133 Å². The minimum atomic E-state index is -0.542. The van der Waals surface area contributed by atoms with E-state index in [1.54, 1.807) is 0 Å². The fraction of sp³-hybridized carbons (Fsp3) is 0.556. The van der Waals surface area contributed by atoms with Gasteiger partial charge in [0.2, 0.25) is 0 Å². The summed E-state index contributed by atoms with van der Waals surface area (Å²) >= 11 is 0. The zero-order valence-corrected chi connectivity index (χ0v) is 13.5. The van der Waals surface area contributed by atoms with Gasteiger partial charge in [-0.05, 0) is 12.0 Å². The van der Waals surface area contributed by atoms with Crippen molar-refractivity contribution in [3.63, 3.8) is 0 Å². The van der Waals surface area contributed by atoms with Crippen LogP contribution in [0.15, 0.2) is 30.3 Å². The summed E-state index contributed by atoms with van der Waals surface area (Å²) in [6.07, 6.45) is 6.91. The normalized spacial score (nSPS) is 10.2. The molecule has 122 valence electrons. The number of alkyl carbamates (subject to hydrolysis) is 1.